The van der Waals surface area contributed by atoms with Gasteiger partial charge < -0.3 is 25.8 Å². The van der Waals surface area contributed by atoms with Gasteiger partial charge in [-0.2, -0.15) is 0 Å². The van der Waals surface area contributed by atoms with E-state index in [9.17, 15) is 0 Å². The Balaban J connectivity index is -0.0000000500. The Kier molecular flexibility index (Phi) is 46.9. The van der Waals surface area contributed by atoms with Crippen LogP contribution in [0.1, 0.15) is 25.7 Å². The molecule has 14 heavy (non-hydrogen) atoms. The average molecular weight is 274 g/mol. The van der Waals surface area contributed by atoms with Gasteiger partial charge in [0.2, 0.25) is 0 Å². The van der Waals surface area contributed by atoms with Gasteiger partial charge in [0.1, 0.15) is 0 Å². The zero-order valence-electron chi connectivity index (χ0n) is 9.12. The van der Waals surface area contributed by atoms with Crippen molar-refractivity contribution in [2.24, 2.45) is 11.5 Å². The number of hydrogen-bond donors (Lipinski definition) is 2. The first-order chi connectivity index (χ1) is 5.65. The second kappa shape index (κ2) is 25.3. The predicted octanol–water partition coefficient (Wildman–Crippen LogP) is -7.43. The van der Waals surface area contributed by atoms with Gasteiger partial charge in [-0.1, -0.05) is 33.9 Å². The summed E-state index contributed by atoms with van der Waals surface area (Å²) in [6.07, 6.45) is 6.00. The van der Waals surface area contributed by atoms with E-state index in [1.807, 2.05) is 0 Å². The summed E-state index contributed by atoms with van der Waals surface area (Å²) in [6, 6.07) is 0. The van der Waals surface area contributed by atoms with Crippen LogP contribution in [0.5, 0.6) is 0 Å². The molecule has 0 bridgehead atoms. The van der Waals surface area contributed by atoms with Gasteiger partial charge in [0.05, 0.1) is 0 Å². The monoisotopic (exact) mass is 274 g/mol. The maximum absolute atomic E-state index is 8.52. The van der Waals surface area contributed by atoms with Crippen molar-refractivity contribution in [3.63, 3.8) is 0 Å². The van der Waals surface area contributed by atoms with Gasteiger partial charge in [-0.05, 0) is 0 Å². The van der Waals surface area contributed by atoms with Crippen molar-refractivity contribution in [3.05, 3.63) is 0 Å². The van der Waals surface area contributed by atoms with E-state index < -0.39 is 8.25 Å². The summed E-state index contributed by atoms with van der Waals surface area (Å²) in [6.45, 7) is 1.19. The summed E-state index contributed by atoms with van der Waals surface area (Å²) >= 11 is 0. The Morgan fingerprint density at radius 3 is 1.07 bits per heavy atom. The molecule has 0 unspecified atom stereocenters. The van der Waals surface area contributed by atoms with E-state index in [0.29, 0.717) is 13.1 Å². The van der Waals surface area contributed by atoms with Crippen molar-refractivity contribution in [2.45, 2.75) is 25.7 Å². The largest absolute Gasteiger partial charge is 1.00 e. The van der Waals surface area contributed by atoms with Crippen LogP contribution in [0.2, 0.25) is 0 Å². The van der Waals surface area contributed by atoms with Crippen molar-refractivity contribution in [1.29, 1.82) is 0 Å². The van der Waals surface area contributed by atoms with Crippen molar-refractivity contribution >= 4 is 8.25 Å². The maximum Gasteiger partial charge on any atom is 1.00 e. The Bertz CT molecular complexity index is 97.1. The SMILES string of the molecule is C1CCC1.NCCN.O=[PH]([O-])[O-].[K+].[K+]. The van der Waals surface area contributed by atoms with Crippen LogP contribution in [0.15, 0.2) is 0 Å². The Labute approximate surface area is 172 Å². The number of rotatable bonds is 1. The third kappa shape index (κ3) is 45.3. The Hall–Kier alpha value is 3.34. The Morgan fingerprint density at radius 2 is 1.07 bits per heavy atom. The maximum atomic E-state index is 8.52. The molecule has 1 rings (SSSR count). The molecule has 0 aromatic carbocycles. The molecule has 0 spiro atoms. The van der Waals surface area contributed by atoms with Crippen LogP contribution in [0.4, 0.5) is 0 Å². The second-order valence-electron chi connectivity index (χ2n) is 2.24. The van der Waals surface area contributed by atoms with Crippen LogP contribution < -0.4 is 124 Å². The van der Waals surface area contributed by atoms with Crippen molar-refractivity contribution in [1.82, 2.24) is 0 Å². The molecule has 0 heterocycles. The molecule has 0 saturated heterocycles. The molecule has 1 aliphatic carbocycles. The van der Waals surface area contributed by atoms with E-state index in [-0.39, 0.29) is 103 Å². The molecular formula is C6H17K2N2O3P. The van der Waals surface area contributed by atoms with Crippen molar-refractivity contribution in [3.8, 4) is 0 Å². The fraction of sp³-hybridized carbons (Fsp3) is 1.00. The minimum absolute atomic E-state index is 0. The molecule has 1 saturated carbocycles. The third-order valence-corrected chi connectivity index (χ3v) is 1.17. The molecule has 8 heteroatoms. The molecule has 1 fully saturated rings. The summed E-state index contributed by atoms with van der Waals surface area (Å²) in [4.78, 5) is 17.0. The van der Waals surface area contributed by atoms with Gasteiger partial charge in [0.25, 0.3) is 0 Å². The fourth-order valence-electron chi connectivity index (χ4n) is 0.250. The molecule has 0 aliphatic heterocycles. The molecule has 0 aromatic rings. The molecule has 1 aliphatic rings. The average Bonchev–Trinajstić information content (AvgIpc) is 1.82. The fourth-order valence-corrected chi connectivity index (χ4v) is 0.250. The van der Waals surface area contributed by atoms with Gasteiger partial charge in [-0.15, -0.1) is 0 Å². The second-order valence-corrected chi connectivity index (χ2v) is 2.74. The van der Waals surface area contributed by atoms with Crippen molar-refractivity contribution < 1.29 is 117 Å². The van der Waals surface area contributed by atoms with Crippen LogP contribution in [0.25, 0.3) is 0 Å². The minimum Gasteiger partial charge on any atom is -0.813 e. The molecule has 0 atom stereocenters. The summed E-state index contributed by atoms with van der Waals surface area (Å²) in [5.74, 6) is 0. The van der Waals surface area contributed by atoms with Crippen LogP contribution in [0, 0.1) is 0 Å². The topological polar surface area (TPSA) is 115 Å². The standard InChI is InChI=1S/C4H8.C2H8N2.2K.H3O3P/c1-2-4-3-1;3-1-2-4;;;1-4(2)3/h2*1-4H2;;;4H,(H2,1,2,3)/q;;2*+1;/p-2. The van der Waals surface area contributed by atoms with Crippen LogP contribution in [-0.4, -0.2) is 13.1 Å². The van der Waals surface area contributed by atoms with Crippen LogP contribution >= 0.6 is 8.25 Å². The first-order valence-electron chi connectivity index (χ1n) is 3.93. The van der Waals surface area contributed by atoms with E-state index >= 15 is 0 Å². The van der Waals surface area contributed by atoms with E-state index in [1.54, 1.807) is 0 Å². The number of nitrogens with two attached hydrogens (primary N) is 2. The van der Waals surface area contributed by atoms with Gasteiger partial charge in [-0.3, -0.25) is 0 Å². The van der Waals surface area contributed by atoms with E-state index in [1.165, 1.54) is 25.7 Å². The summed E-state index contributed by atoms with van der Waals surface area (Å²) < 4.78 is 8.52. The van der Waals surface area contributed by atoms with Crippen molar-refractivity contribution in [2.75, 3.05) is 13.1 Å². The Morgan fingerprint density at radius 1 is 0.929 bits per heavy atom. The van der Waals surface area contributed by atoms with Gasteiger partial charge in [0.15, 0.2) is 0 Å². The number of hydrogen-bond acceptors (Lipinski definition) is 5. The van der Waals surface area contributed by atoms with E-state index in [4.69, 9.17) is 25.8 Å². The smallest absolute Gasteiger partial charge is 0.813 e. The molecular weight excluding hydrogens is 257 g/mol. The van der Waals surface area contributed by atoms with Gasteiger partial charge in [0, 0.05) is 13.1 Å². The summed E-state index contributed by atoms with van der Waals surface area (Å²) in [5.41, 5.74) is 9.81. The first-order valence-corrected chi connectivity index (χ1v) is 5.15. The molecule has 76 valence electrons. The first kappa shape index (κ1) is 26.0. The van der Waals surface area contributed by atoms with E-state index in [2.05, 4.69) is 0 Å². The van der Waals surface area contributed by atoms with Gasteiger partial charge in [-0.25, -0.2) is 0 Å². The molecule has 5 nitrogen and oxygen atoms in total. The quantitative estimate of drug-likeness (QED) is 0.364. The third-order valence-electron chi connectivity index (χ3n) is 1.17. The summed E-state index contributed by atoms with van der Waals surface area (Å²) in [5, 5.41) is 0. The van der Waals surface area contributed by atoms with Crippen LogP contribution in [0.3, 0.4) is 0 Å². The van der Waals surface area contributed by atoms with E-state index in [0.717, 1.165) is 0 Å². The molecule has 4 N–H and O–H groups in total. The molecule has 0 radical (unpaired) electrons. The van der Waals surface area contributed by atoms with Gasteiger partial charge >= 0.3 is 103 Å². The predicted molar refractivity (Wildman–Crippen MR) is 45.6 cm³/mol. The summed E-state index contributed by atoms with van der Waals surface area (Å²) in [7, 11) is -3.63. The van der Waals surface area contributed by atoms with Crippen LogP contribution in [-0.2, 0) is 4.57 Å². The zero-order valence-corrected chi connectivity index (χ0v) is 16.4. The normalized spacial score (nSPS) is 11.5. The zero-order chi connectivity index (χ0) is 9.82. The molecule has 0 amide bonds. The molecule has 0 aromatic heterocycles. The minimum atomic E-state index is -3.63.